The van der Waals surface area contributed by atoms with E-state index in [1.165, 1.54) is 9.97 Å². The van der Waals surface area contributed by atoms with Gasteiger partial charge in [0.25, 0.3) is 6.79 Å². The van der Waals surface area contributed by atoms with Crippen molar-refractivity contribution in [1.29, 1.82) is 0 Å². The zero-order valence-electron chi connectivity index (χ0n) is 9.24. The molecule has 0 spiro atoms. The summed E-state index contributed by atoms with van der Waals surface area (Å²) in [6.45, 7) is 1.97. The van der Waals surface area contributed by atoms with Crippen molar-refractivity contribution >= 4 is 11.9 Å². The van der Waals surface area contributed by atoms with Gasteiger partial charge in [0.1, 0.15) is 11.1 Å². The third-order valence-electron chi connectivity index (χ3n) is 2.43. The lowest BCUT2D eigenvalue weighted by Gasteiger charge is -2.33. The number of carbonyl (C=O) groups excluding carboxylic acids is 1. The molecule has 0 aromatic carbocycles. The Morgan fingerprint density at radius 2 is 2.29 bits per heavy atom. The molecule has 9 heteroatoms. The van der Waals surface area contributed by atoms with Crippen LogP contribution in [0.1, 0.15) is 19.8 Å². The second kappa shape index (κ2) is 4.44. The number of carbonyl (C=O) groups is 2. The monoisotopic (exact) mass is 247 g/mol. The predicted molar refractivity (Wildman–Crippen MR) is 51.6 cm³/mol. The predicted octanol–water partition coefficient (Wildman–Crippen LogP) is -0.983. The van der Waals surface area contributed by atoms with Crippen LogP contribution in [0.3, 0.4) is 0 Å². The average molecular weight is 247 g/mol. The Balaban J connectivity index is 1.72. The number of aliphatic carboxylic acids is 1. The molecule has 9 nitrogen and oxygen atoms in total. The van der Waals surface area contributed by atoms with Crippen LogP contribution in [0, 0.1) is 0 Å². The largest absolute Gasteiger partial charge is 0.480 e. The summed E-state index contributed by atoms with van der Waals surface area (Å²) in [4.78, 5) is 27.5. The Morgan fingerprint density at radius 3 is 2.82 bits per heavy atom. The number of esters is 1. The van der Waals surface area contributed by atoms with E-state index >= 15 is 0 Å². The molecular formula is C8H13N3O6. The molecule has 0 amide bonds. The molecule has 1 fully saturated rings. The SMILES string of the molecule is CCC(=O)OCOn1on1N1CCC1C(=O)O. The highest BCUT2D eigenvalue weighted by Gasteiger charge is 2.40. The average Bonchev–Trinajstić information content (AvgIpc) is 2.94. The maximum Gasteiger partial charge on any atom is 0.328 e. The number of aromatic nitrogens is 2. The molecule has 1 aliphatic heterocycles. The Labute approximate surface area is 95.9 Å². The molecule has 0 aliphatic carbocycles. The molecule has 0 radical (unpaired) electrons. The van der Waals surface area contributed by atoms with Crippen molar-refractivity contribution in [2.75, 3.05) is 18.3 Å². The second-order valence-electron chi connectivity index (χ2n) is 3.49. The van der Waals surface area contributed by atoms with Crippen LogP contribution in [0.15, 0.2) is 4.63 Å². The summed E-state index contributed by atoms with van der Waals surface area (Å²) in [6, 6.07) is -0.596. The number of nitrogens with zero attached hydrogens (tertiary/aromatic N) is 3. The number of hydrogen-bond donors (Lipinski definition) is 1. The van der Waals surface area contributed by atoms with E-state index in [1.54, 1.807) is 6.92 Å². The zero-order chi connectivity index (χ0) is 12.4. The van der Waals surface area contributed by atoms with Gasteiger partial charge in [-0.05, 0) is 6.42 Å². The van der Waals surface area contributed by atoms with E-state index in [4.69, 9.17) is 14.6 Å². The molecule has 1 aromatic heterocycles. The Morgan fingerprint density at radius 1 is 1.53 bits per heavy atom. The molecular weight excluding hydrogens is 234 g/mol. The molecule has 1 aromatic rings. The first-order valence-electron chi connectivity index (χ1n) is 5.19. The first-order valence-corrected chi connectivity index (χ1v) is 5.19. The molecule has 0 bridgehead atoms. The van der Waals surface area contributed by atoms with Gasteiger partial charge in [-0.1, -0.05) is 6.92 Å². The normalized spacial score (nSPS) is 18.9. The minimum absolute atomic E-state index is 0.265. The van der Waals surface area contributed by atoms with Crippen molar-refractivity contribution in [2.45, 2.75) is 25.8 Å². The van der Waals surface area contributed by atoms with Crippen molar-refractivity contribution in [3.05, 3.63) is 0 Å². The van der Waals surface area contributed by atoms with E-state index in [0.717, 1.165) is 5.02 Å². The molecule has 1 atom stereocenters. The highest BCUT2D eigenvalue weighted by Crippen LogP contribution is 2.17. The fourth-order valence-electron chi connectivity index (χ4n) is 1.33. The van der Waals surface area contributed by atoms with Crippen LogP contribution in [-0.4, -0.2) is 46.4 Å². The van der Waals surface area contributed by atoms with Crippen molar-refractivity contribution < 1.29 is 28.9 Å². The van der Waals surface area contributed by atoms with E-state index in [0.29, 0.717) is 13.0 Å². The van der Waals surface area contributed by atoms with E-state index in [9.17, 15) is 9.59 Å². The molecule has 17 heavy (non-hydrogen) atoms. The van der Waals surface area contributed by atoms with Crippen LogP contribution < -0.4 is 9.85 Å². The number of rotatable bonds is 6. The number of carboxylic acid groups (broad SMARTS) is 1. The van der Waals surface area contributed by atoms with Crippen molar-refractivity contribution in [3.63, 3.8) is 0 Å². The molecule has 96 valence electrons. The first-order chi connectivity index (χ1) is 8.13. The molecule has 1 saturated heterocycles. The van der Waals surface area contributed by atoms with Gasteiger partial charge in [0.2, 0.25) is 0 Å². The third-order valence-corrected chi connectivity index (χ3v) is 2.43. The highest BCUT2D eigenvalue weighted by molar-refractivity contribution is 5.77. The van der Waals surface area contributed by atoms with Crippen LogP contribution in [-0.2, 0) is 14.3 Å². The maximum absolute atomic E-state index is 10.8. The second-order valence-corrected chi connectivity index (χ2v) is 3.49. The minimum Gasteiger partial charge on any atom is -0.480 e. The van der Waals surface area contributed by atoms with Gasteiger partial charge >= 0.3 is 11.9 Å². The van der Waals surface area contributed by atoms with E-state index < -0.39 is 12.0 Å². The number of ether oxygens (including phenoxy) is 1. The Kier molecular flexibility index (Phi) is 2.98. The van der Waals surface area contributed by atoms with Crippen molar-refractivity contribution in [2.24, 2.45) is 0 Å². The lowest BCUT2D eigenvalue weighted by Crippen LogP contribution is -2.57. The van der Waals surface area contributed by atoms with Gasteiger partial charge in [0.05, 0.1) is 4.96 Å². The molecule has 1 N–H and O–H groups in total. The van der Waals surface area contributed by atoms with Gasteiger partial charge in [-0.3, -0.25) is 4.79 Å². The Hall–Kier alpha value is -2.06. The molecule has 2 rings (SSSR count). The first kappa shape index (κ1) is 11.4. The molecule has 1 aliphatic rings. The molecule has 2 heterocycles. The summed E-state index contributed by atoms with van der Waals surface area (Å²) in [5, 5.41) is 11.2. The summed E-state index contributed by atoms with van der Waals surface area (Å²) >= 11 is 0. The van der Waals surface area contributed by atoms with Crippen LogP contribution in [0.2, 0.25) is 0 Å². The zero-order valence-corrected chi connectivity index (χ0v) is 9.24. The number of hydrogen-bond acceptors (Lipinski definition) is 6. The van der Waals surface area contributed by atoms with Crippen LogP contribution in [0.25, 0.3) is 0 Å². The fraction of sp³-hybridized carbons (Fsp3) is 0.750. The summed E-state index contributed by atoms with van der Waals surface area (Å²) in [6.07, 6.45) is 0.828. The Bertz CT molecular complexity index is 405. The molecule has 0 saturated carbocycles. The maximum atomic E-state index is 10.8. The third kappa shape index (κ3) is 2.37. The van der Waals surface area contributed by atoms with Gasteiger partial charge in [-0.25, -0.2) is 9.80 Å². The number of carboxylic acids is 1. The summed E-state index contributed by atoms with van der Waals surface area (Å²) in [7, 11) is 0. The minimum atomic E-state index is -0.913. The van der Waals surface area contributed by atoms with Gasteiger partial charge in [0.15, 0.2) is 0 Å². The lowest BCUT2D eigenvalue weighted by atomic mass is 10.1. The van der Waals surface area contributed by atoms with Crippen LogP contribution in [0.5, 0.6) is 0 Å². The van der Waals surface area contributed by atoms with Crippen molar-refractivity contribution in [1.82, 2.24) is 9.98 Å². The topological polar surface area (TPSA) is 99.1 Å². The lowest BCUT2D eigenvalue weighted by molar-refractivity contribution is -0.159. The molecule has 1 unspecified atom stereocenters. The standard InChI is InChI=1S/C8H13N3O6/c1-2-7(12)15-5-16-11-10(17-11)9-4-3-6(9)8(13)14/h6H,2-5H2,1H3,(H,13,14). The van der Waals surface area contributed by atoms with Crippen LogP contribution >= 0.6 is 0 Å². The summed E-state index contributed by atoms with van der Waals surface area (Å²) < 4.78 is 9.48. The van der Waals surface area contributed by atoms with Crippen LogP contribution in [0.4, 0.5) is 0 Å². The highest BCUT2D eigenvalue weighted by atomic mass is 17.0. The summed E-state index contributed by atoms with van der Waals surface area (Å²) in [5.74, 6) is -1.30. The van der Waals surface area contributed by atoms with E-state index in [2.05, 4.69) is 4.74 Å². The fourth-order valence-corrected chi connectivity index (χ4v) is 1.33. The van der Waals surface area contributed by atoms with E-state index in [1.807, 2.05) is 0 Å². The van der Waals surface area contributed by atoms with Crippen molar-refractivity contribution in [3.8, 4) is 0 Å². The van der Waals surface area contributed by atoms with Gasteiger partial charge in [0, 0.05) is 13.0 Å². The van der Waals surface area contributed by atoms with Gasteiger partial charge in [-0.2, -0.15) is 4.63 Å². The van der Waals surface area contributed by atoms with Gasteiger partial charge < -0.3 is 14.7 Å². The smallest absolute Gasteiger partial charge is 0.328 e. The quantitative estimate of drug-likeness (QED) is 0.509. The van der Waals surface area contributed by atoms with E-state index in [-0.39, 0.29) is 19.2 Å². The summed E-state index contributed by atoms with van der Waals surface area (Å²) in [5.41, 5.74) is 0. The van der Waals surface area contributed by atoms with Gasteiger partial charge in [-0.15, -0.1) is 0 Å².